The zero-order valence-corrected chi connectivity index (χ0v) is 11.4. The second-order valence-corrected chi connectivity index (χ2v) is 5.00. The first kappa shape index (κ1) is 13.9. The van der Waals surface area contributed by atoms with Crippen molar-refractivity contribution in [3.63, 3.8) is 0 Å². The molecule has 0 amide bonds. The zero-order chi connectivity index (χ0) is 12.7. The van der Waals surface area contributed by atoms with E-state index in [2.05, 4.69) is 20.9 Å². The fourth-order valence-electron chi connectivity index (χ4n) is 1.00. The van der Waals surface area contributed by atoms with Crippen LogP contribution < -0.4 is 16.2 Å². The lowest BCUT2D eigenvalue weighted by molar-refractivity contribution is 0.344. The molecule has 0 fully saturated rings. The van der Waals surface area contributed by atoms with Gasteiger partial charge in [0.1, 0.15) is 5.75 Å². The average Bonchev–Trinajstić information content (AvgIpc) is 2.23. The lowest BCUT2D eigenvalue weighted by Gasteiger charge is -2.05. The molecule has 0 atom stereocenters. The number of aliphatic imine (C=N–C) groups is 1. The van der Waals surface area contributed by atoms with Crippen LogP contribution in [0.4, 0.5) is 0 Å². The molecule has 0 saturated carbocycles. The van der Waals surface area contributed by atoms with E-state index in [4.69, 9.17) is 21.6 Å². The number of halogens is 1. The van der Waals surface area contributed by atoms with Crippen molar-refractivity contribution in [1.82, 2.24) is 0 Å². The van der Waals surface area contributed by atoms with Gasteiger partial charge in [-0.2, -0.15) is 4.99 Å². The lowest BCUT2D eigenvalue weighted by atomic mass is 10.3. The minimum atomic E-state index is -0.101. The standard InChI is InChI=1S/C10H13BrN4OS/c11-7-2-1-3-8(6-7)16-4-5-17-10(14)15-9(12)13/h1-3,6H,4-5H2,(H5,12,13,14,15). The van der Waals surface area contributed by atoms with Crippen molar-refractivity contribution in [1.29, 1.82) is 5.41 Å². The first-order chi connectivity index (χ1) is 8.08. The summed E-state index contributed by atoms with van der Waals surface area (Å²) >= 11 is 4.58. The molecule has 7 heteroatoms. The van der Waals surface area contributed by atoms with Gasteiger partial charge in [-0.1, -0.05) is 33.8 Å². The van der Waals surface area contributed by atoms with Crippen molar-refractivity contribution in [2.24, 2.45) is 16.5 Å². The summed E-state index contributed by atoms with van der Waals surface area (Å²) in [5, 5.41) is 7.47. The van der Waals surface area contributed by atoms with E-state index in [1.165, 1.54) is 11.8 Å². The maximum absolute atomic E-state index is 7.39. The van der Waals surface area contributed by atoms with Crippen molar-refractivity contribution in [2.75, 3.05) is 12.4 Å². The molecule has 0 aliphatic heterocycles. The number of nitrogens with one attached hydrogen (secondary N) is 1. The van der Waals surface area contributed by atoms with Crippen LogP contribution in [0.2, 0.25) is 0 Å². The first-order valence-corrected chi connectivity index (χ1v) is 6.55. The molecule has 0 aromatic heterocycles. The van der Waals surface area contributed by atoms with Gasteiger partial charge in [0.15, 0.2) is 11.1 Å². The molecular weight excluding hydrogens is 304 g/mol. The van der Waals surface area contributed by atoms with Gasteiger partial charge in [-0.3, -0.25) is 5.41 Å². The second-order valence-electron chi connectivity index (χ2n) is 3.00. The summed E-state index contributed by atoms with van der Waals surface area (Å²) in [6, 6.07) is 7.58. The molecule has 1 rings (SSSR count). The van der Waals surface area contributed by atoms with E-state index in [-0.39, 0.29) is 11.1 Å². The fraction of sp³-hybridized carbons (Fsp3) is 0.200. The van der Waals surface area contributed by atoms with Gasteiger partial charge in [0, 0.05) is 10.2 Å². The zero-order valence-electron chi connectivity index (χ0n) is 9.02. The van der Waals surface area contributed by atoms with Gasteiger partial charge in [-0.15, -0.1) is 0 Å². The summed E-state index contributed by atoms with van der Waals surface area (Å²) in [7, 11) is 0. The van der Waals surface area contributed by atoms with Gasteiger partial charge in [-0.05, 0) is 18.2 Å². The predicted molar refractivity (Wildman–Crippen MR) is 75.6 cm³/mol. The number of thioether (sulfide) groups is 1. The lowest BCUT2D eigenvalue weighted by Crippen LogP contribution is -2.23. The highest BCUT2D eigenvalue weighted by Crippen LogP contribution is 2.17. The Morgan fingerprint density at radius 3 is 2.88 bits per heavy atom. The Bertz CT molecular complexity index is 421. The van der Waals surface area contributed by atoms with Gasteiger partial charge in [0.25, 0.3) is 0 Å². The molecule has 0 heterocycles. The summed E-state index contributed by atoms with van der Waals surface area (Å²) in [6.45, 7) is 0.490. The monoisotopic (exact) mass is 316 g/mol. The number of hydrogen-bond donors (Lipinski definition) is 3. The normalized spacial score (nSPS) is 9.71. The first-order valence-electron chi connectivity index (χ1n) is 4.77. The molecule has 0 unspecified atom stereocenters. The molecule has 0 bridgehead atoms. The number of ether oxygens (including phenoxy) is 1. The van der Waals surface area contributed by atoms with Crippen molar-refractivity contribution in [2.45, 2.75) is 0 Å². The van der Waals surface area contributed by atoms with Crippen molar-refractivity contribution in [3.8, 4) is 5.75 Å². The van der Waals surface area contributed by atoms with E-state index in [1.54, 1.807) is 0 Å². The maximum atomic E-state index is 7.39. The topological polar surface area (TPSA) is 97.5 Å². The van der Waals surface area contributed by atoms with Crippen LogP contribution in [-0.4, -0.2) is 23.5 Å². The molecule has 0 radical (unpaired) electrons. The van der Waals surface area contributed by atoms with Crippen LogP contribution in [0.25, 0.3) is 0 Å². The van der Waals surface area contributed by atoms with Gasteiger partial charge in [0.2, 0.25) is 0 Å². The predicted octanol–water partition coefficient (Wildman–Crippen LogP) is 1.77. The molecule has 5 nitrogen and oxygen atoms in total. The van der Waals surface area contributed by atoms with E-state index in [9.17, 15) is 0 Å². The van der Waals surface area contributed by atoms with E-state index in [1.807, 2.05) is 24.3 Å². The number of hydrogen-bond acceptors (Lipinski definition) is 3. The second kappa shape index (κ2) is 7.18. The van der Waals surface area contributed by atoms with Crippen molar-refractivity contribution < 1.29 is 4.74 Å². The highest BCUT2D eigenvalue weighted by molar-refractivity contribution is 9.10. The van der Waals surface area contributed by atoms with Crippen molar-refractivity contribution in [3.05, 3.63) is 28.7 Å². The van der Waals surface area contributed by atoms with E-state index < -0.39 is 0 Å². The molecule has 1 aromatic carbocycles. The van der Waals surface area contributed by atoms with Crippen molar-refractivity contribution >= 4 is 38.8 Å². The molecule has 0 aliphatic carbocycles. The Balaban J connectivity index is 2.25. The molecule has 0 aliphatic rings. The molecule has 5 N–H and O–H groups in total. The van der Waals surface area contributed by atoms with Crippen LogP contribution in [0.1, 0.15) is 0 Å². The quantitative estimate of drug-likeness (QED) is 0.448. The van der Waals surface area contributed by atoms with Gasteiger partial charge >= 0.3 is 0 Å². The van der Waals surface area contributed by atoms with Crippen LogP contribution in [0, 0.1) is 5.41 Å². The van der Waals surface area contributed by atoms with Gasteiger partial charge in [-0.25, -0.2) is 0 Å². The summed E-state index contributed by atoms with van der Waals surface area (Å²) in [5.41, 5.74) is 10.3. The summed E-state index contributed by atoms with van der Waals surface area (Å²) in [5.74, 6) is 1.30. The van der Waals surface area contributed by atoms with Gasteiger partial charge < -0.3 is 16.2 Å². The third-order valence-electron chi connectivity index (χ3n) is 1.62. The summed E-state index contributed by atoms with van der Waals surface area (Å²) in [6.07, 6.45) is 0. The van der Waals surface area contributed by atoms with Crippen LogP contribution in [0.15, 0.2) is 33.7 Å². The Morgan fingerprint density at radius 1 is 1.47 bits per heavy atom. The molecule has 92 valence electrons. The number of amidine groups is 1. The molecular formula is C10H13BrN4OS. The minimum Gasteiger partial charge on any atom is -0.493 e. The third kappa shape index (κ3) is 6.18. The molecule has 17 heavy (non-hydrogen) atoms. The smallest absolute Gasteiger partial charge is 0.193 e. The Morgan fingerprint density at radius 2 is 2.24 bits per heavy atom. The Labute approximate surface area is 112 Å². The fourth-order valence-corrected chi connectivity index (χ4v) is 1.91. The van der Waals surface area contributed by atoms with Crippen LogP contribution in [0.3, 0.4) is 0 Å². The average molecular weight is 317 g/mol. The number of guanidine groups is 1. The van der Waals surface area contributed by atoms with Gasteiger partial charge in [0.05, 0.1) is 6.61 Å². The number of benzene rings is 1. The SMILES string of the molecule is N=C(N=C(N)N)SCCOc1cccc(Br)c1. The maximum Gasteiger partial charge on any atom is 0.193 e. The molecule has 0 saturated heterocycles. The van der Waals surface area contributed by atoms with E-state index in [0.29, 0.717) is 12.4 Å². The highest BCUT2D eigenvalue weighted by Gasteiger charge is 1.98. The summed E-state index contributed by atoms with van der Waals surface area (Å²) < 4.78 is 6.45. The molecule has 0 spiro atoms. The van der Waals surface area contributed by atoms with Crippen LogP contribution in [0.5, 0.6) is 5.75 Å². The third-order valence-corrected chi connectivity index (χ3v) is 2.85. The van der Waals surface area contributed by atoms with Crippen LogP contribution >= 0.6 is 27.7 Å². The minimum absolute atomic E-state index is 0.0860. The van der Waals surface area contributed by atoms with E-state index in [0.717, 1.165) is 10.2 Å². The Hall–Kier alpha value is -1.21. The summed E-state index contributed by atoms with van der Waals surface area (Å²) in [4.78, 5) is 3.59. The molecule has 1 aromatic rings. The van der Waals surface area contributed by atoms with E-state index >= 15 is 0 Å². The largest absolute Gasteiger partial charge is 0.493 e. The Kier molecular flexibility index (Phi) is 5.85. The number of nitrogens with two attached hydrogens (primary N) is 2. The highest BCUT2D eigenvalue weighted by atomic mass is 79.9. The number of nitrogens with zero attached hydrogens (tertiary/aromatic N) is 1. The van der Waals surface area contributed by atoms with Crippen LogP contribution in [-0.2, 0) is 0 Å². The number of rotatable bonds is 4.